The molecule has 1 unspecified atom stereocenters. The van der Waals surface area contributed by atoms with Crippen LogP contribution in [0, 0.1) is 5.82 Å². The molecule has 5 heteroatoms. The molecular weight excluding hydrogens is 309 g/mol. The van der Waals surface area contributed by atoms with Gasteiger partial charge in [-0.2, -0.15) is 0 Å². The summed E-state index contributed by atoms with van der Waals surface area (Å²) in [5.74, 6) is 0.256. The maximum Gasteiger partial charge on any atom is 0.227 e. The van der Waals surface area contributed by atoms with E-state index in [0.717, 1.165) is 22.5 Å². The number of fused-ring (bicyclic) bond motifs is 3. The minimum absolute atomic E-state index is 0.262. The summed E-state index contributed by atoms with van der Waals surface area (Å²) in [6.45, 7) is 2.16. The van der Waals surface area contributed by atoms with Gasteiger partial charge in [-0.15, -0.1) is 11.8 Å². The van der Waals surface area contributed by atoms with E-state index < -0.39 is 0 Å². The quantitative estimate of drug-likeness (QED) is 0.704. The second-order valence-electron chi connectivity index (χ2n) is 5.39. The minimum Gasteiger partial charge on any atom is -0.324 e. The summed E-state index contributed by atoms with van der Waals surface area (Å²) >= 11 is 1.82. The summed E-state index contributed by atoms with van der Waals surface area (Å²) in [7, 11) is 0. The highest BCUT2D eigenvalue weighted by atomic mass is 32.2. The molecule has 0 saturated carbocycles. The summed E-state index contributed by atoms with van der Waals surface area (Å²) in [4.78, 5) is 10.3. The van der Waals surface area contributed by atoms with Gasteiger partial charge >= 0.3 is 0 Å². The van der Waals surface area contributed by atoms with Crippen LogP contribution in [0.25, 0.3) is 11.3 Å². The van der Waals surface area contributed by atoms with Crippen LogP contribution in [0.1, 0.15) is 17.7 Å². The van der Waals surface area contributed by atoms with Crippen molar-refractivity contribution in [1.29, 1.82) is 0 Å². The molecule has 0 saturated heterocycles. The maximum atomic E-state index is 13.0. The molecule has 1 atom stereocenters. The third kappa shape index (κ3) is 2.68. The van der Waals surface area contributed by atoms with Gasteiger partial charge in [0, 0.05) is 33.2 Å². The van der Waals surface area contributed by atoms with E-state index in [1.165, 1.54) is 17.0 Å². The monoisotopic (exact) mass is 323 g/mol. The SMILES string of the molecule is CC1Sc2ccccc2-c2nc(Nc3ccc(F)cc3)ncc21. The van der Waals surface area contributed by atoms with E-state index in [4.69, 9.17) is 4.98 Å². The first-order valence-electron chi connectivity index (χ1n) is 7.36. The van der Waals surface area contributed by atoms with Gasteiger partial charge in [0.05, 0.1) is 5.69 Å². The summed E-state index contributed by atoms with van der Waals surface area (Å²) in [5, 5.41) is 3.45. The summed E-state index contributed by atoms with van der Waals surface area (Å²) in [5.41, 5.74) is 4.00. The molecule has 1 aliphatic heterocycles. The molecule has 0 fully saturated rings. The lowest BCUT2D eigenvalue weighted by Gasteiger charge is -2.23. The van der Waals surface area contributed by atoms with Gasteiger partial charge in [-0.1, -0.05) is 18.2 Å². The normalized spacial score (nSPS) is 15.7. The average molecular weight is 323 g/mol. The van der Waals surface area contributed by atoms with Gasteiger partial charge in [-0.05, 0) is 37.3 Å². The topological polar surface area (TPSA) is 37.8 Å². The van der Waals surface area contributed by atoms with Crippen LogP contribution in [0.15, 0.2) is 59.6 Å². The van der Waals surface area contributed by atoms with Crippen molar-refractivity contribution in [3.8, 4) is 11.3 Å². The third-order valence-corrected chi connectivity index (χ3v) is 5.02. The molecule has 4 rings (SSSR count). The van der Waals surface area contributed by atoms with Crippen LogP contribution in [0.4, 0.5) is 16.0 Å². The summed E-state index contributed by atoms with van der Waals surface area (Å²) in [6.07, 6.45) is 1.88. The number of aromatic nitrogens is 2. The fraction of sp³-hybridized carbons (Fsp3) is 0.111. The second kappa shape index (κ2) is 5.66. The van der Waals surface area contributed by atoms with Crippen LogP contribution >= 0.6 is 11.8 Å². The molecule has 1 aliphatic rings. The molecule has 3 nitrogen and oxygen atoms in total. The Morgan fingerprint density at radius 1 is 1.09 bits per heavy atom. The van der Waals surface area contributed by atoms with E-state index >= 15 is 0 Å². The molecule has 0 spiro atoms. The average Bonchev–Trinajstić information content (AvgIpc) is 2.57. The van der Waals surface area contributed by atoms with E-state index in [2.05, 4.69) is 29.4 Å². The molecule has 1 aromatic heterocycles. The van der Waals surface area contributed by atoms with Crippen molar-refractivity contribution in [3.63, 3.8) is 0 Å². The van der Waals surface area contributed by atoms with E-state index in [0.29, 0.717) is 11.2 Å². The van der Waals surface area contributed by atoms with Gasteiger partial charge in [0.2, 0.25) is 5.95 Å². The first-order chi connectivity index (χ1) is 11.2. The zero-order valence-corrected chi connectivity index (χ0v) is 13.3. The van der Waals surface area contributed by atoms with Crippen molar-refractivity contribution >= 4 is 23.4 Å². The minimum atomic E-state index is -0.262. The molecule has 2 aromatic carbocycles. The van der Waals surface area contributed by atoms with Gasteiger partial charge in [0.25, 0.3) is 0 Å². The Morgan fingerprint density at radius 2 is 1.87 bits per heavy atom. The van der Waals surface area contributed by atoms with Gasteiger partial charge in [0.15, 0.2) is 0 Å². The second-order valence-corrected chi connectivity index (χ2v) is 6.77. The standard InChI is InChI=1S/C18H14FN3S/c1-11-15-10-20-18(21-13-8-6-12(19)7-9-13)22-17(15)14-4-2-3-5-16(14)23-11/h2-11H,1H3,(H,20,21,22). The number of thioether (sulfide) groups is 1. The Morgan fingerprint density at radius 3 is 2.70 bits per heavy atom. The Bertz CT molecular complexity index is 864. The number of anilines is 2. The van der Waals surface area contributed by atoms with Crippen LogP contribution < -0.4 is 5.32 Å². The molecule has 114 valence electrons. The van der Waals surface area contributed by atoms with E-state index in [-0.39, 0.29) is 5.82 Å². The fourth-order valence-corrected chi connectivity index (χ4v) is 3.78. The van der Waals surface area contributed by atoms with Crippen molar-refractivity contribution in [3.05, 3.63) is 66.1 Å². The number of rotatable bonds is 2. The van der Waals surface area contributed by atoms with Crippen LogP contribution in [-0.4, -0.2) is 9.97 Å². The number of benzene rings is 2. The fourth-order valence-electron chi connectivity index (χ4n) is 2.65. The van der Waals surface area contributed by atoms with Gasteiger partial charge < -0.3 is 5.32 Å². The summed E-state index contributed by atoms with van der Waals surface area (Å²) < 4.78 is 13.0. The van der Waals surface area contributed by atoms with E-state index in [1.54, 1.807) is 12.1 Å². The first-order valence-corrected chi connectivity index (χ1v) is 8.24. The lowest BCUT2D eigenvalue weighted by atomic mass is 10.0. The van der Waals surface area contributed by atoms with Crippen molar-refractivity contribution in [2.45, 2.75) is 17.1 Å². The Kier molecular flexibility index (Phi) is 3.50. The predicted octanol–water partition coefficient (Wildman–Crippen LogP) is 5.19. The van der Waals surface area contributed by atoms with Gasteiger partial charge in [-0.25, -0.2) is 14.4 Å². The number of nitrogens with one attached hydrogen (secondary N) is 1. The molecule has 2 heterocycles. The maximum absolute atomic E-state index is 13.0. The van der Waals surface area contributed by atoms with Gasteiger partial charge in [-0.3, -0.25) is 0 Å². The Hall–Kier alpha value is -2.40. The molecule has 0 radical (unpaired) electrons. The van der Waals surface area contributed by atoms with Crippen molar-refractivity contribution in [2.75, 3.05) is 5.32 Å². The first kappa shape index (κ1) is 14.2. The highest BCUT2D eigenvalue weighted by Gasteiger charge is 2.24. The molecule has 23 heavy (non-hydrogen) atoms. The lowest BCUT2D eigenvalue weighted by molar-refractivity contribution is 0.628. The van der Waals surface area contributed by atoms with Crippen LogP contribution in [0.3, 0.4) is 0 Å². The lowest BCUT2D eigenvalue weighted by Crippen LogP contribution is -2.06. The zero-order chi connectivity index (χ0) is 15.8. The van der Waals surface area contributed by atoms with E-state index in [9.17, 15) is 4.39 Å². The third-order valence-electron chi connectivity index (χ3n) is 3.80. The van der Waals surface area contributed by atoms with Crippen LogP contribution in [0.2, 0.25) is 0 Å². The highest BCUT2D eigenvalue weighted by Crippen LogP contribution is 2.47. The predicted molar refractivity (Wildman–Crippen MR) is 91.4 cm³/mol. The molecular formula is C18H14FN3S. The van der Waals surface area contributed by atoms with Crippen molar-refractivity contribution < 1.29 is 4.39 Å². The molecule has 0 aliphatic carbocycles. The number of hydrogen-bond acceptors (Lipinski definition) is 4. The largest absolute Gasteiger partial charge is 0.324 e. The van der Waals surface area contributed by atoms with Crippen molar-refractivity contribution in [1.82, 2.24) is 9.97 Å². The molecule has 0 amide bonds. The number of hydrogen-bond donors (Lipinski definition) is 1. The Balaban J connectivity index is 1.74. The van der Waals surface area contributed by atoms with Crippen molar-refractivity contribution in [2.24, 2.45) is 0 Å². The summed E-state index contributed by atoms with van der Waals surface area (Å²) in [6, 6.07) is 14.4. The smallest absolute Gasteiger partial charge is 0.227 e. The van der Waals surface area contributed by atoms with E-state index in [1.807, 2.05) is 30.1 Å². The van der Waals surface area contributed by atoms with Crippen LogP contribution in [0.5, 0.6) is 0 Å². The Labute approximate surface area is 138 Å². The molecule has 3 aromatic rings. The molecule has 1 N–H and O–H groups in total. The number of nitrogens with zero attached hydrogens (tertiary/aromatic N) is 2. The number of halogens is 1. The highest BCUT2D eigenvalue weighted by molar-refractivity contribution is 7.99. The molecule has 0 bridgehead atoms. The van der Waals surface area contributed by atoms with Crippen LogP contribution in [-0.2, 0) is 0 Å². The zero-order valence-electron chi connectivity index (χ0n) is 12.5. The van der Waals surface area contributed by atoms with Gasteiger partial charge in [0.1, 0.15) is 5.82 Å².